The Balaban J connectivity index is 0.00000110. The van der Waals surface area contributed by atoms with Crippen molar-refractivity contribution in [2.75, 3.05) is 0 Å². The van der Waals surface area contributed by atoms with Crippen molar-refractivity contribution < 1.29 is 17.0 Å². The topological polar surface area (TPSA) is 14.1 Å². The van der Waals surface area contributed by atoms with E-state index in [1.165, 1.54) is 22.3 Å². The van der Waals surface area contributed by atoms with Gasteiger partial charge in [-0.2, -0.15) is 21.9 Å². The van der Waals surface area contributed by atoms with E-state index in [9.17, 15) is 0 Å². The van der Waals surface area contributed by atoms with Crippen LogP contribution in [0.25, 0.3) is 4.98 Å². The van der Waals surface area contributed by atoms with Crippen molar-refractivity contribution in [2.45, 2.75) is 67.1 Å². The van der Waals surface area contributed by atoms with Crippen LogP contribution in [-0.2, 0) is 17.0 Å². The first-order chi connectivity index (χ1) is 8.89. The van der Waals surface area contributed by atoms with E-state index in [1.54, 1.807) is 5.19 Å². The van der Waals surface area contributed by atoms with Crippen molar-refractivity contribution in [3.8, 4) is 0 Å². The summed E-state index contributed by atoms with van der Waals surface area (Å²) in [6.07, 6.45) is 0. The second kappa shape index (κ2) is 7.90. The van der Waals surface area contributed by atoms with Crippen LogP contribution in [0.5, 0.6) is 0 Å². The molecule has 0 aliphatic heterocycles. The van der Waals surface area contributed by atoms with Gasteiger partial charge in [0, 0.05) is 0 Å². The molecule has 0 N–H and O–H groups in total. The Morgan fingerprint density at radius 3 is 1.70 bits per heavy atom. The van der Waals surface area contributed by atoms with Crippen LogP contribution < -0.4 is 5.19 Å². The summed E-state index contributed by atoms with van der Waals surface area (Å²) in [5.74, 6) is 0. The summed E-state index contributed by atoms with van der Waals surface area (Å²) < 4.78 is 0. The van der Waals surface area contributed by atoms with Gasteiger partial charge in [0.2, 0.25) is 0 Å². The Morgan fingerprint density at radius 1 is 1.05 bits per heavy atom. The fourth-order valence-electron chi connectivity index (χ4n) is 3.03. The molecule has 0 radical (unpaired) electrons. The molecule has 5 heteroatoms. The molecule has 0 saturated carbocycles. The van der Waals surface area contributed by atoms with Crippen molar-refractivity contribution in [2.24, 2.45) is 0 Å². The molecule has 116 valence electrons. The molecule has 20 heavy (non-hydrogen) atoms. The summed E-state index contributed by atoms with van der Waals surface area (Å²) in [5, 5.41) is 1.56. The molecule has 0 aliphatic rings. The van der Waals surface area contributed by atoms with Gasteiger partial charge < -0.3 is 4.98 Å². The van der Waals surface area contributed by atoms with Gasteiger partial charge in [-0.15, -0.1) is 5.54 Å². The fourth-order valence-corrected chi connectivity index (χ4v) is 7.03. The molecule has 0 aliphatic carbocycles. The summed E-state index contributed by atoms with van der Waals surface area (Å²) in [7, 11) is 8.09. The van der Waals surface area contributed by atoms with Crippen molar-refractivity contribution >= 4 is 32.0 Å². The van der Waals surface area contributed by atoms with Gasteiger partial charge in [0.15, 0.2) is 0 Å². The van der Waals surface area contributed by atoms with Crippen LogP contribution >= 0.6 is 18.6 Å². The van der Waals surface area contributed by atoms with Crippen molar-refractivity contribution in [3.05, 3.63) is 27.2 Å². The first kappa shape index (κ1) is 20.8. The molecule has 1 nitrogen and oxygen atoms in total. The molecule has 0 saturated heterocycles. The first-order valence-electron chi connectivity index (χ1n) is 6.83. The Hall–Kier alpha value is 0.821. The zero-order valence-corrected chi connectivity index (χ0v) is 18.3. The zero-order valence-electron chi connectivity index (χ0n) is 14.2. The van der Waals surface area contributed by atoms with Crippen LogP contribution in [0.1, 0.15) is 43.0 Å². The average molecular weight is 368 g/mol. The molecule has 1 aromatic rings. The minimum atomic E-state index is -1.69. The summed E-state index contributed by atoms with van der Waals surface area (Å²) in [6, 6.07) is 0. The number of halogens is 2. The van der Waals surface area contributed by atoms with E-state index in [-0.39, 0.29) is 5.54 Å². The van der Waals surface area contributed by atoms with Gasteiger partial charge in [-0.25, -0.2) is 5.56 Å². The van der Waals surface area contributed by atoms with Gasteiger partial charge >= 0.3 is 35.6 Å². The fraction of sp³-hybridized carbons (Fsp3) is 0.667. The van der Waals surface area contributed by atoms with E-state index in [0.717, 1.165) is 0 Å². The summed E-state index contributed by atoms with van der Waals surface area (Å²) in [4.78, 5) is 5.13. The van der Waals surface area contributed by atoms with Crippen LogP contribution in [0, 0.1) is 27.7 Å². The maximum absolute atomic E-state index is 5.13. The maximum atomic E-state index is 5.13. The van der Waals surface area contributed by atoms with Crippen LogP contribution in [0.4, 0.5) is 0 Å². The van der Waals surface area contributed by atoms with Crippen LogP contribution in [-0.4, -0.2) is 13.8 Å². The second-order valence-electron chi connectivity index (χ2n) is 6.79. The molecule has 0 heterocycles. The van der Waals surface area contributed by atoms with Crippen molar-refractivity contribution in [3.63, 3.8) is 0 Å². The number of hydrogen-bond donors (Lipinski definition) is 0. The Bertz CT molecular complexity index is 422. The first-order valence-corrected chi connectivity index (χ1v) is 14.1. The van der Waals surface area contributed by atoms with Crippen LogP contribution in [0.3, 0.4) is 0 Å². The van der Waals surface area contributed by atoms with Gasteiger partial charge in [0.05, 0.1) is 0 Å². The summed E-state index contributed by atoms with van der Waals surface area (Å²) in [6.45, 7) is 20.3. The molecule has 0 unspecified atom stereocenters. The third-order valence-corrected chi connectivity index (χ3v) is 6.87. The van der Waals surface area contributed by atoms with Gasteiger partial charge in [0.25, 0.3) is 0 Å². The Labute approximate surface area is 143 Å². The molecular formula is C15H27Cl2NSiTi-2. The van der Waals surface area contributed by atoms with E-state index in [1.807, 2.05) is 0 Å². The molecule has 0 spiro atoms. The molecule has 0 bridgehead atoms. The predicted octanol–water partition coefficient (Wildman–Crippen LogP) is 5.60. The van der Waals surface area contributed by atoms with E-state index in [2.05, 4.69) is 61.6 Å². The molecule has 0 atom stereocenters. The van der Waals surface area contributed by atoms with Gasteiger partial charge in [-0.05, 0) is 0 Å². The van der Waals surface area contributed by atoms with E-state index in [0.29, 0.717) is 0 Å². The standard InChI is InChI=1S/C15H27NSi.2ClH.Ti/c1-10-11(2)13(4)14(12(10)3)17(8,9)16-15(5,6)7;;;/h1-9H3;2*1H;/q-2;;;+2/p-2. The number of rotatable bonds is 2. The molecule has 1 rings (SSSR count). The third kappa shape index (κ3) is 5.55. The molecule has 1 aromatic carbocycles. The van der Waals surface area contributed by atoms with Gasteiger partial charge in [-0.1, -0.05) is 69.8 Å². The van der Waals surface area contributed by atoms with E-state index >= 15 is 0 Å². The van der Waals surface area contributed by atoms with Crippen LogP contribution in [0.15, 0.2) is 0 Å². The zero-order chi connectivity index (χ0) is 16.3. The predicted molar refractivity (Wildman–Crippen MR) is 92.9 cm³/mol. The average Bonchev–Trinajstić information content (AvgIpc) is 2.41. The normalized spacial score (nSPS) is 11.9. The van der Waals surface area contributed by atoms with Gasteiger partial charge in [-0.3, -0.25) is 0 Å². The van der Waals surface area contributed by atoms with Crippen molar-refractivity contribution in [1.82, 2.24) is 0 Å². The number of hydrogen-bond acceptors (Lipinski definition) is 0. The Morgan fingerprint density at radius 2 is 1.45 bits per heavy atom. The quantitative estimate of drug-likeness (QED) is 0.477. The summed E-state index contributed by atoms with van der Waals surface area (Å²) >= 11 is -0.556. The molecular weight excluding hydrogens is 341 g/mol. The molecule has 0 fully saturated rings. The molecule has 0 amide bonds. The van der Waals surface area contributed by atoms with Crippen molar-refractivity contribution in [1.29, 1.82) is 0 Å². The third-order valence-electron chi connectivity index (χ3n) is 3.66. The Kier molecular flexibility index (Phi) is 8.22. The molecule has 0 aromatic heterocycles. The summed E-state index contributed by atoms with van der Waals surface area (Å²) in [5.41, 5.74) is 5.94. The second-order valence-corrected chi connectivity index (χ2v) is 13.2. The van der Waals surface area contributed by atoms with E-state index < -0.39 is 25.3 Å². The monoisotopic (exact) mass is 367 g/mol. The number of nitrogens with zero attached hydrogens (tertiary/aromatic N) is 1. The minimum absolute atomic E-state index is 0.0632. The van der Waals surface area contributed by atoms with Crippen LogP contribution in [0.2, 0.25) is 13.1 Å². The van der Waals surface area contributed by atoms with Gasteiger partial charge in [0.1, 0.15) is 0 Å². The SMILES string of the molecule is Cc1c(C)c([Si](C)(C)[N-]C(C)(C)C)[c-](C)c1C.[Cl][Ti][Cl]. The van der Waals surface area contributed by atoms with E-state index in [4.69, 9.17) is 23.6 Å².